The van der Waals surface area contributed by atoms with Crippen LogP contribution in [0.3, 0.4) is 0 Å². The fraction of sp³-hybridized carbons (Fsp3) is 0.353. The molecule has 6 nitrogen and oxygen atoms in total. The smallest absolute Gasteiger partial charge is 0.267 e. The van der Waals surface area contributed by atoms with E-state index in [1.807, 2.05) is 6.92 Å². The lowest BCUT2D eigenvalue weighted by molar-refractivity contribution is -0.124. The van der Waals surface area contributed by atoms with E-state index in [1.54, 1.807) is 37.3 Å². The summed E-state index contributed by atoms with van der Waals surface area (Å²) in [4.78, 5) is 11.0. The van der Waals surface area contributed by atoms with E-state index in [9.17, 15) is 9.90 Å². The lowest BCUT2D eigenvalue weighted by Crippen LogP contribution is -2.15. The van der Waals surface area contributed by atoms with E-state index in [2.05, 4.69) is 0 Å². The predicted octanol–water partition coefficient (Wildman–Crippen LogP) is 1.88. The fourth-order valence-electron chi connectivity index (χ4n) is 2.10. The lowest BCUT2D eigenvalue weighted by atomic mass is 10.0. The molecule has 0 unspecified atom stereocenters. The molecule has 1 atom stereocenters. The van der Waals surface area contributed by atoms with E-state index in [0.29, 0.717) is 17.7 Å². The molecule has 1 rings (SSSR count). The Kier molecular flexibility index (Phi) is 8.04. The number of amides is 1. The van der Waals surface area contributed by atoms with Gasteiger partial charge in [-0.2, -0.15) is 0 Å². The normalized spacial score (nSPS) is 13.6. The van der Waals surface area contributed by atoms with Gasteiger partial charge in [-0.25, -0.2) is 5.48 Å². The number of carbonyl (C=O) groups excluding carboxylic acids is 1. The minimum atomic E-state index is -0.669. The molecular weight excluding hydrogens is 298 g/mol. The predicted molar refractivity (Wildman–Crippen MR) is 86.0 cm³/mol. The SMILES string of the molecule is CC(=C\C(=O)NO)/C=C(\C)C[C@H](O)c1ccc(OCCO)cc1. The molecular formula is C17H23NO5. The van der Waals surface area contributed by atoms with E-state index in [-0.39, 0.29) is 13.2 Å². The molecule has 0 aliphatic rings. The fourth-order valence-corrected chi connectivity index (χ4v) is 2.10. The maximum atomic E-state index is 11.0. The number of hydroxylamine groups is 1. The summed E-state index contributed by atoms with van der Waals surface area (Å²) >= 11 is 0. The number of aliphatic hydroxyl groups excluding tert-OH is 2. The van der Waals surface area contributed by atoms with E-state index < -0.39 is 12.0 Å². The zero-order valence-electron chi connectivity index (χ0n) is 13.3. The highest BCUT2D eigenvalue weighted by atomic mass is 16.5. The van der Waals surface area contributed by atoms with Crippen LogP contribution in [0.4, 0.5) is 0 Å². The van der Waals surface area contributed by atoms with Crippen LogP contribution in [-0.4, -0.2) is 34.5 Å². The van der Waals surface area contributed by atoms with Gasteiger partial charge in [0.1, 0.15) is 12.4 Å². The van der Waals surface area contributed by atoms with E-state index in [0.717, 1.165) is 11.1 Å². The molecule has 0 aliphatic carbocycles. The van der Waals surface area contributed by atoms with Crippen LogP contribution in [0.1, 0.15) is 31.9 Å². The number of hydrogen-bond donors (Lipinski definition) is 4. The standard InChI is InChI=1S/C17H23NO5/c1-12(9-13(2)11-17(21)18-22)10-16(20)14-3-5-15(6-4-14)23-8-7-19/h3-6,9,11,16,19-20,22H,7-8,10H2,1-2H3,(H,18,21)/b12-9+,13-11+/t16-/m0/s1. The van der Waals surface area contributed by atoms with Crippen molar-refractivity contribution in [3.63, 3.8) is 0 Å². The van der Waals surface area contributed by atoms with Crippen molar-refractivity contribution in [2.45, 2.75) is 26.4 Å². The van der Waals surface area contributed by atoms with Crippen LogP contribution in [0.15, 0.2) is 47.6 Å². The summed E-state index contributed by atoms with van der Waals surface area (Å²) in [7, 11) is 0. The van der Waals surface area contributed by atoms with Crippen LogP contribution >= 0.6 is 0 Å². The Labute approximate surface area is 135 Å². The van der Waals surface area contributed by atoms with Crippen LogP contribution in [0.5, 0.6) is 5.75 Å². The van der Waals surface area contributed by atoms with Gasteiger partial charge in [-0.1, -0.05) is 23.8 Å². The summed E-state index contributed by atoms with van der Waals surface area (Å²) in [5.41, 5.74) is 3.86. The average molecular weight is 321 g/mol. The van der Waals surface area contributed by atoms with Gasteiger partial charge in [0.2, 0.25) is 0 Å². The summed E-state index contributed by atoms with van der Waals surface area (Å²) < 4.78 is 5.26. The van der Waals surface area contributed by atoms with Crippen molar-refractivity contribution < 1.29 is 25.0 Å². The Morgan fingerprint density at radius 1 is 1.26 bits per heavy atom. The summed E-state index contributed by atoms with van der Waals surface area (Å²) in [6.45, 7) is 3.78. The van der Waals surface area contributed by atoms with Crippen LogP contribution in [0.25, 0.3) is 0 Å². The number of aliphatic hydroxyl groups is 2. The number of ether oxygens (including phenoxy) is 1. The van der Waals surface area contributed by atoms with Crippen LogP contribution < -0.4 is 10.2 Å². The Balaban J connectivity index is 2.65. The Morgan fingerprint density at radius 2 is 1.91 bits per heavy atom. The monoisotopic (exact) mass is 321 g/mol. The zero-order valence-corrected chi connectivity index (χ0v) is 13.3. The summed E-state index contributed by atoms with van der Waals surface area (Å²) in [5, 5.41) is 27.4. The Morgan fingerprint density at radius 3 is 2.48 bits per heavy atom. The number of rotatable bonds is 8. The largest absolute Gasteiger partial charge is 0.491 e. The van der Waals surface area contributed by atoms with Gasteiger partial charge < -0.3 is 14.9 Å². The van der Waals surface area contributed by atoms with Crippen LogP contribution in [0.2, 0.25) is 0 Å². The first-order valence-electron chi connectivity index (χ1n) is 7.27. The minimum Gasteiger partial charge on any atom is -0.491 e. The first kappa shape index (κ1) is 18.9. The van der Waals surface area contributed by atoms with E-state index >= 15 is 0 Å². The molecule has 0 radical (unpaired) electrons. The van der Waals surface area contributed by atoms with Crippen molar-refractivity contribution in [2.24, 2.45) is 0 Å². The molecule has 6 heteroatoms. The molecule has 0 fully saturated rings. The zero-order chi connectivity index (χ0) is 17.2. The first-order valence-corrected chi connectivity index (χ1v) is 7.27. The lowest BCUT2D eigenvalue weighted by Gasteiger charge is -2.12. The molecule has 1 amide bonds. The minimum absolute atomic E-state index is 0.0461. The van der Waals surface area contributed by atoms with Gasteiger partial charge in [0.05, 0.1) is 12.7 Å². The van der Waals surface area contributed by atoms with E-state index in [4.69, 9.17) is 15.1 Å². The molecule has 0 bridgehead atoms. The number of nitrogens with one attached hydrogen (secondary N) is 1. The number of allylic oxidation sites excluding steroid dienone is 2. The quantitative estimate of drug-likeness (QED) is 0.254. The molecule has 0 aromatic heterocycles. The van der Waals surface area contributed by atoms with Gasteiger partial charge >= 0.3 is 0 Å². The third-order valence-electron chi connectivity index (χ3n) is 3.08. The van der Waals surface area contributed by atoms with Crippen molar-refractivity contribution in [1.82, 2.24) is 5.48 Å². The maximum Gasteiger partial charge on any atom is 0.267 e. The van der Waals surface area contributed by atoms with E-state index in [1.165, 1.54) is 11.6 Å². The molecule has 0 aliphatic heterocycles. The average Bonchev–Trinajstić information content (AvgIpc) is 2.52. The second-order valence-corrected chi connectivity index (χ2v) is 5.22. The first-order chi connectivity index (χ1) is 11.0. The number of carbonyl (C=O) groups is 1. The Hall–Kier alpha value is -2.15. The van der Waals surface area contributed by atoms with Crippen molar-refractivity contribution in [2.75, 3.05) is 13.2 Å². The number of benzene rings is 1. The highest BCUT2D eigenvalue weighted by molar-refractivity contribution is 5.87. The molecule has 126 valence electrons. The molecule has 1 aromatic carbocycles. The van der Waals surface area contributed by atoms with Crippen molar-refractivity contribution in [3.05, 3.63) is 53.1 Å². The molecule has 0 saturated heterocycles. The van der Waals surface area contributed by atoms with Crippen LogP contribution in [-0.2, 0) is 4.79 Å². The van der Waals surface area contributed by atoms with Gasteiger partial charge in [0.15, 0.2) is 0 Å². The topological polar surface area (TPSA) is 99.0 Å². The van der Waals surface area contributed by atoms with Gasteiger partial charge in [0, 0.05) is 6.08 Å². The van der Waals surface area contributed by atoms with Crippen molar-refractivity contribution in [1.29, 1.82) is 0 Å². The number of hydrogen-bond acceptors (Lipinski definition) is 5. The maximum absolute atomic E-state index is 11.0. The Bertz CT molecular complexity index is 563. The highest BCUT2D eigenvalue weighted by Gasteiger charge is 2.08. The van der Waals surface area contributed by atoms with Gasteiger partial charge in [-0.3, -0.25) is 10.0 Å². The molecule has 23 heavy (non-hydrogen) atoms. The molecule has 1 aromatic rings. The van der Waals surface area contributed by atoms with Crippen molar-refractivity contribution >= 4 is 5.91 Å². The van der Waals surface area contributed by atoms with Gasteiger partial charge in [-0.05, 0) is 43.5 Å². The third kappa shape index (κ3) is 7.10. The van der Waals surface area contributed by atoms with Gasteiger partial charge in [-0.15, -0.1) is 0 Å². The second-order valence-electron chi connectivity index (χ2n) is 5.22. The third-order valence-corrected chi connectivity index (χ3v) is 3.08. The van der Waals surface area contributed by atoms with Crippen molar-refractivity contribution in [3.8, 4) is 5.75 Å². The van der Waals surface area contributed by atoms with Crippen LogP contribution in [0, 0.1) is 0 Å². The summed E-state index contributed by atoms with van der Waals surface area (Å²) in [6.07, 6.45) is 2.79. The molecule has 4 N–H and O–H groups in total. The second kappa shape index (κ2) is 9.78. The molecule has 0 spiro atoms. The molecule has 0 saturated carbocycles. The highest BCUT2D eigenvalue weighted by Crippen LogP contribution is 2.23. The molecule has 0 heterocycles. The van der Waals surface area contributed by atoms with Gasteiger partial charge in [0.25, 0.3) is 5.91 Å². The summed E-state index contributed by atoms with van der Waals surface area (Å²) in [6, 6.07) is 7.02. The summed E-state index contributed by atoms with van der Waals surface area (Å²) in [5.74, 6) is 0.0432.